The maximum absolute atomic E-state index is 7.21. The summed E-state index contributed by atoms with van der Waals surface area (Å²) >= 11 is 0. The topological polar surface area (TPSA) is 21.3 Å². The lowest BCUT2D eigenvalue weighted by Crippen LogP contribution is -2.38. The summed E-state index contributed by atoms with van der Waals surface area (Å²) in [4.78, 5) is 0. The molecule has 0 aromatic rings. The Labute approximate surface area is 61.6 Å². The van der Waals surface area contributed by atoms with E-state index in [1.807, 2.05) is 0 Å². The first-order valence-corrected chi connectivity index (χ1v) is 2.27. The van der Waals surface area contributed by atoms with Crippen molar-refractivity contribution in [1.82, 2.24) is 5.32 Å². The van der Waals surface area contributed by atoms with Gasteiger partial charge < -0.3 is 10.1 Å². The molecule has 1 atom stereocenters. The Kier molecular flexibility index (Phi) is 1.75. The quantitative estimate of drug-likeness (QED) is 0.528. The number of morpholine rings is 1. The van der Waals surface area contributed by atoms with Crippen LogP contribution in [0.3, 0.4) is 0 Å². The summed E-state index contributed by atoms with van der Waals surface area (Å²) in [5, 5.41) is 2.48. The van der Waals surface area contributed by atoms with Crippen LogP contribution in [0.4, 0.5) is 0 Å². The molecule has 1 aliphatic heterocycles. The molecule has 0 amide bonds. The van der Waals surface area contributed by atoms with Crippen LogP contribution in [0.1, 0.15) is 12.4 Å². The second-order valence-electron chi connectivity index (χ2n) is 1.58. The summed E-state index contributed by atoms with van der Waals surface area (Å²) in [5.41, 5.74) is 0. The molecule has 0 saturated carbocycles. The van der Waals surface area contributed by atoms with E-state index >= 15 is 0 Å². The summed E-state index contributed by atoms with van der Waals surface area (Å²) in [5.74, 6) is 0. The Morgan fingerprint density at radius 1 is 1.88 bits per heavy atom. The molecule has 0 spiro atoms. The van der Waals surface area contributed by atoms with Crippen LogP contribution in [0.25, 0.3) is 0 Å². The first-order chi connectivity index (χ1) is 4.85. The molecule has 1 saturated heterocycles. The highest BCUT2D eigenvalue weighted by molar-refractivity contribution is 5.85. The van der Waals surface area contributed by atoms with E-state index in [1.165, 1.54) is 0 Å². The molecule has 3 heteroatoms. The van der Waals surface area contributed by atoms with E-state index in [1.54, 1.807) is 6.92 Å². The summed E-state index contributed by atoms with van der Waals surface area (Å²) in [7, 11) is 0. The third-order valence-electron chi connectivity index (χ3n) is 0.775. The maximum Gasteiger partial charge on any atom is 0.0617 e. The Hall–Kier alpha value is 0.210. The highest BCUT2D eigenvalue weighted by Crippen LogP contribution is 1.88. The average Bonchev–Trinajstić information content (AvgIpc) is 1.80. The summed E-state index contributed by atoms with van der Waals surface area (Å²) < 4.78 is 33.4. The van der Waals surface area contributed by atoms with Crippen molar-refractivity contribution in [2.75, 3.05) is 19.7 Å². The highest BCUT2D eigenvalue weighted by Gasteiger charge is 2.04. The molecular formula is C5H12ClNO. The summed E-state index contributed by atoms with van der Waals surface area (Å²) in [6.07, 6.45) is 0. The molecule has 1 unspecified atom stereocenters. The summed E-state index contributed by atoms with van der Waals surface area (Å²) in [6.45, 7) is -2.37. The molecule has 0 aromatic heterocycles. The number of halogens is 1. The minimum absolute atomic E-state index is 0. The molecular weight excluding hydrogens is 126 g/mol. The van der Waals surface area contributed by atoms with Crippen LogP contribution in [-0.2, 0) is 4.74 Å². The number of nitrogens with one attached hydrogen (secondary N) is 1. The second-order valence-corrected chi connectivity index (χ2v) is 1.58. The maximum atomic E-state index is 7.21. The van der Waals surface area contributed by atoms with Gasteiger partial charge in [-0.2, -0.15) is 0 Å². The van der Waals surface area contributed by atoms with Gasteiger partial charge in [-0.15, -0.1) is 12.4 Å². The monoisotopic (exact) mass is 141 g/mol. The van der Waals surface area contributed by atoms with Crippen LogP contribution in [0.5, 0.6) is 0 Å². The predicted octanol–water partition coefficient (Wildman–Crippen LogP) is 0.416. The molecule has 2 nitrogen and oxygen atoms in total. The fourth-order valence-corrected chi connectivity index (χ4v) is 0.397. The first-order valence-electron chi connectivity index (χ1n) is 4.27. The van der Waals surface area contributed by atoms with E-state index in [9.17, 15) is 0 Å². The van der Waals surface area contributed by atoms with Gasteiger partial charge in [0.15, 0.2) is 0 Å². The predicted molar refractivity (Wildman–Crippen MR) is 35.5 cm³/mol. The average molecular weight is 142 g/mol. The number of hydrogen-bond donors (Lipinski definition) is 1. The van der Waals surface area contributed by atoms with Crippen LogP contribution < -0.4 is 5.32 Å². The van der Waals surface area contributed by atoms with E-state index in [0.717, 1.165) is 0 Å². The van der Waals surface area contributed by atoms with Crippen LogP contribution in [-0.4, -0.2) is 25.7 Å². The third kappa shape index (κ3) is 2.50. The fourth-order valence-electron chi connectivity index (χ4n) is 0.397. The fraction of sp³-hybridized carbons (Fsp3) is 1.00. The van der Waals surface area contributed by atoms with Gasteiger partial charge in [-0.1, -0.05) is 0 Å². The molecule has 1 aliphatic rings. The molecule has 1 N–H and O–H groups in total. The van der Waals surface area contributed by atoms with Crippen molar-refractivity contribution < 1.29 is 10.2 Å². The minimum atomic E-state index is -2.22. The van der Waals surface area contributed by atoms with Gasteiger partial charge in [-0.05, 0) is 6.92 Å². The first kappa shape index (κ1) is 3.40. The smallest absolute Gasteiger partial charge is 0.0617 e. The lowest BCUT2D eigenvalue weighted by atomic mass is 10.3. The molecule has 0 bridgehead atoms. The standard InChI is InChI=1S/C5H11NO.ClH/c1-5-4-7-3-2-6-5;/h5-6H,2-4H2,1H3;1H/i2D2,3D2;. The van der Waals surface area contributed by atoms with Crippen LogP contribution >= 0.6 is 12.4 Å². The van der Waals surface area contributed by atoms with E-state index in [-0.39, 0.29) is 25.1 Å². The van der Waals surface area contributed by atoms with Gasteiger partial charge >= 0.3 is 0 Å². The number of ether oxygens (including phenoxy) is 1. The van der Waals surface area contributed by atoms with Crippen molar-refractivity contribution in [1.29, 1.82) is 0 Å². The number of rotatable bonds is 0. The van der Waals surface area contributed by atoms with Gasteiger partial charge in [-0.25, -0.2) is 0 Å². The Morgan fingerprint density at radius 3 is 3.12 bits per heavy atom. The zero-order valence-electron chi connectivity index (χ0n) is 8.60. The Bertz CT molecular complexity index is 166. The van der Waals surface area contributed by atoms with Crippen molar-refractivity contribution in [2.24, 2.45) is 0 Å². The van der Waals surface area contributed by atoms with Crippen LogP contribution in [0.2, 0.25) is 0 Å². The van der Waals surface area contributed by atoms with Gasteiger partial charge in [0.1, 0.15) is 0 Å². The van der Waals surface area contributed by atoms with Crippen molar-refractivity contribution in [3.63, 3.8) is 0 Å². The van der Waals surface area contributed by atoms with Gasteiger partial charge in [0.25, 0.3) is 0 Å². The molecule has 50 valence electrons. The van der Waals surface area contributed by atoms with Crippen LogP contribution in [0.15, 0.2) is 0 Å². The van der Waals surface area contributed by atoms with Gasteiger partial charge in [0, 0.05) is 15.3 Å². The van der Waals surface area contributed by atoms with Gasteiger partial charge in [0.2, 0.25) is 0 Å². The van der Waals surface area contributed by atoms with Crippen molar-refractivity contribution >= 4 is 12.4 Å². The van der Waals surface area contributed by atoms with Gasteiger partial charge in [-0.3, -0.25) is 0 Å². The SMILES string of the molecule is Cl.[2H]C1([2H])NC(C)COC1([2H])[2H]. The van der Waals surface area contributed by atoms with Crippen LogP contribution in [0, 0.1) is 0 Å². The van der Waals surface area contributed by atoms with E-state index in [0.29, 0.717) is 0 Å². The zero-order valence-corrected chi connectivity index (χ0v) is 5.42. The molecule has 0 aliphatic carbocycles. The van der Waals surface area contributed by atoms with Gasteiger partial charge in [0.05, 0.1) is 15.9 Å². The number of hydrogen-bond acceptors (Lipinski definition) is 2. The van der Waals surface area contributed by atoms with E-state index < -0.39 is 13.1 Å². The largest absolute Gasteiger partial charge is 0.379 e. The lowest BCUT2D eigenvalue weighted by molar-refractivity contribution is 0.0824. The zero-order chi connectivity index (χ0) is 8.70. The normalized spacial score (nSPS) is 48.9. The second kappa shape index (κ2) is 4.13. The Balaban J connectivity index is 0.00000121. The lowest BCUT2D eigenvalue weighted by Gasteiger charge is -2.19. The van der Waals surface area contributed by atoms with Crippen molar-refractivity contribution in [3.05, 3.63) is 0 Å². The minimum Gasteiger partial charge on any atom is -0.379 e. The molecule has 0 aromatic carbocycles. The molecule has 1 heterocycles. The molecule has 1 rings (SSSR count). The van der Waals surface area contributed by atoms with E-state index in [4.69, 9.17) is 5.48 Å². The van der Waals surface area contributed by atoms with E-state index in [2.05, 4.69) is 10.1 Å². The third-order valence-corrected chi connectivity index (χ3v) is 0.775. The van der Waals surface area contributed by atoms with Crippen molar-refractivity contribution in [2.45, 2.75) is 13.0 Å². The van der Waals surface area contributed by atoms with Crippen molar-refractivity contribution in [3.8, 4) is 0 Å². The molecule has 1 fully saturated rings. The molecule has 0 radical (unpaired) electrons. The highest BCUT2D eigenvalue weighted by atomic mass is 35.5. The summed E-state index contributed by atoms with van der Waals surface area (Å²) in [6, 6.07) is -0.145. The Morgan fingerprint density at radius 2 is 2.62 bits per heavy atom. The molecule has 8 heavy (non-hydrogen) atoms.